The quantitative estimate of drug-likeness (QED) is 0.696. The lowest BCUT2D eigenvalue weighted by atomic mass is 10.1. The summed E-state index contributed by atoms with van der Waals surface area (Å²) in [6.07, 6.45) is 2.48. The van der Waals surface area contributed by atoms with Crippen molar-refractivity contribution < 1.29 is 9.32 Å². The lowest BCUT2D eigenvalue weighted by molar-refractivity contribution is 0.0746. The fourth-order valence-corrected chi connectivity index (χ4v) is 3.32. The number of rotatable bonds is 4. The van der Waals surface area contributed by atoms with Gasteiger partial charge in [0.05, 0.1) is 0 Å². The third kappa shape index (κ3) is 3.74. The number of carbonyl (C=O) groups is 1. The first-order valence-corrected chi connectivity index (χ1v) is 9.54. The molecule has 1 saturated heterocycles. The van der Waals surface area contributed by atoms with E-state index in [4.69, 9.17) is 4.52 Å². The Bertz CT molecular complexity index is 959. The second-order valence-electron chi connectivity index (χ2n) is 6.92. The van der Waals surface area contributed by atoms with Gasteiger partial charge in [-0.3, -0.25) is 4.79 Å². The number of hydrogen-bond donors (Lipinski definition) is 0. The van der Waals surface area contributed by atoms with E-state index in [0.29, 0.717) is 31.2 Å². The number of piperazine rings is 1. The summed E-state index contributed by atoms with van der Waals surface area (Å²) in [6.45, 7) is 6.85. The predicted octanol–water partition coefficient (Wildman–Crippen LogP) is 2.96. The maximum absolute atomic E-state index is 12.7. The Kier molecular flexibility index (Phi) is 5.06. The minimum Gasteiger partial charge on any atom is -0.353 e. The van der Waals surface area contributed by atoms with Gasteiger partial charge in [-0.2, -0.15) is 4.98 Å². The van der Waals surface area contributed by atoms with Gasteiger partial charge in [-0.05, 0) is 31.2 Å². The minimum atomic E-state index is 0.0930. The Balaban J connectivity index is 1.39. The van der Waals surface area contributed by atoms with Gasteiger partial charge in [-0.25, -0.2) is 4.98 Å². The van der Waals surface area contributed by atoms with Crippen molar-refractivity contribution in [1.82, 2.24) is 20.0 Å². The van der Waals surface area contributed by atoms with Crippen LogP contribution in [0.1, 0.15) is 28.7 Å². The van der Waals surface area contributed by atoms with E-state index in [1.54, 1.807) is 6.20 Å². The molecule has 0 N–H and O–H groups in total. The summed E-state index contributed by atoms with van der Waals surface area (Å²) < 4.78 is 5.16. The smallest absolute Gasteiger partial charge is 0.253 e. The van der Waals surface area contributed by atoms with Crippen LogP contribution in [0.5, 0.6) is 0 Å². The van der Waals surface area contributed by atoms with Gasteiger partial charge < -0.3 is 14.3 Å². The number of aromatic nitrogens is 3. The monoisotopic (exact) mass is 377 g/mol. The second kappa shape index (κ2) is 7.80. The summed E-state index contributed by atoms with van der Waals surface area (Å²) in [5, 5.41) is 3.98. The molecule has 4 rings (SSSR count). The van der Waals surface area contributed by atoms with Crippen molar-refractivity contribution in [2.45, 2.75) is 20.3 Å². The summed E-state index contributed by atoms with van der Waals surface area (Å²) in [5.41, 5.74) is 2.68. The first-order chi connectivity index (χ1) is 13.6. The highest BCUT2D eigenvalue weighted by molar-refractivity contribution is 5.94. The molecule has 1 fully saturated rings. The summed E-state index contributed by atoms with van der Waals surface area (Å²) in [7, 11) is 0. The number of amides is 1. The lowest BCUT2D eigenvalue weighted by Gasteiger charge is -2.35. The highest BCUT2D eigenvalue weighted by atomic mass is 16.5. The van der Waals surface area contributed by atoms with Crippen molar-refractivity contribution in [3.63, 3.8) is 0 Å². The van der Waals surface area contributed by atoms with E-state index in [-0.39, 0.29) is 5.91 Å². The van der Waals surface area contributed by atoms with Crippen molar-refractivity contribution in [3.05, 3.63) is 59.6 Å². The van der Waals surface area contributed by atoms with Gasteiger partial charge in [0.15, 0.2) is 0 Å². The highest BCUT2D eigenvalue weighted by Crippen LogP contribution is 2.20. The van der Waals surface area contributed by atoms with E-state index in [0.717, 1.165) is 35.6 Å². The van der Waals surface area contributed by atoms with Gasteiger partial charge in [0.1, 0.15) is 5.82 Å². The fourth-order valence-electron chi connectivity index (χ4n) is 3.32. The van der Waals surface area contributed by atoms with Gasteiger partial charge in [0.2, 0.25) is 11.7 Å². The van der Waals surface area contributed by atoms with Crippen LogP contribution in [0.2, 0.25) is 0 Å². The predicted molar refractivity (Wildman–Crippen MR) is 106 cm³/mol. The van der Waals surface area contributed by atoms with Gasteiger partial charge in [0, 0.05) is 49.9 Å². The summed E-state index contributed by atoms with van der Waals surface area (Å²) in [6, 6.07) is 11.7. The topological polar surface area (TPSA) is 75.4 Å². The van der Waals surface area contributed by atoms with Gasteiger partial charge in [-0.15, -0.1) is 0 Å². The van der Waals surface area contributed by atoms with Crippen molar-refractivity contribution >= 4 is 11.7 Å². The number of nitrogens with zero attached hydrogens (tertiary/aromatic N) is 5. The average molecular weight is 377 g/mol. The van der Waals surface area contributed by atoms with Crippen molar-refractivity contribution in [2.24, 2.45) is 0 Å². The first-order valence-electron chi connectivity index (χ1n) is 9.54. The van der Waals surface area contributed by atoms with Crippen LogP contribution >= 0.6 is 0 Å². The van der Waals surface area contributed by atoms with Crippen LogP contribution in [0.15, 0.2) is 47.1 Å². The molecule has 28 heavy (non-hydrogen) atoms. The van der Waals surface area contributed by atoms with E-state index in [9.17, 15) is 4.79 Å². The minimum absolute atomic E-state index is 0.0930. The van der Waals surface area contributed by atoms with E-state index in [1.807, 2.05) is 55.1 Å². The van der Waals surface area contributed by atoms with Crippen molar-refractivity contribution in [1.29, 1.82) is 0 Å². The van der Waals surface area contributed by atoms with Crippen LogP contribution in [0.25, 0.3) is 11.4 Å². The van der Waals surface area contributed by atoms with Crippen LogP contribution in [0.4, 0.5) is 5.82 Å². The Labute approximate surface area is 164 Å². The van der Waals surface area contributed by atoms with Crippen molar-refractivity contribution in [2.75, 3.05) is 31.1 Å². The standard InChI is InChI=1S/C21H23N5O2/c1-3-19-23-20(24-28-19)17-7-8-18(22-14-17)25-9-11-26(12-10-25)21(27)16-6-4-5-15(2)13-16/h4-8,13-14H,3,9-12H2,1-2H3. The molecule has 0 atom stereocenters. The normalized spacial score (nSPS) is 14.4. The SMILES string of the molecule is CCc1nc(-c2ccc(N3CCN(C(=O)c4cccc(C)c4)CC3)nc2)no1. The molecule has 0 bridgehead atoms. The molecule has 7 nitrogen and oxygen atoms in total. The Morgan fingerprint density at radius 1 is 1.14 bits per heavy atom. The molecule has 1 aromatic carbocycles. The van der Waals surface area contributed by atoms with Crippen LogP contribution < -0.4 is 4.90 Å². The molecule has 144 valence electrons. The zero-order valence-corrected chi connectivity index (χ0v) is 16.1. The number of carbonyl (C=O) groups excluding carboxylic acids is 1. The van der Waals surface area contributed by atoms with Gasteiger partial charge in [0.25, 0.3) is 5.91 Å². The molecule has 1 amide bonds. The zero-order chi connectivity index (χ0) is 19.5. The van der Waals surface area contributed by atoms with Crippen LogP contribution in [-0.2, 0) is 6.42 Å². The maximum Gasteiger partial charge on any atom is 0.253 e. The number of hydrogen-bond acceptors (Lipinski definition) is 6. The molecule has 0 radical (unpaired) electrons. The molecule has 1 aliphatic rings. The zero-order valence-electron chi connectivity index (χ0n) is 16.1. The third-order valence-corrected chi connectivity index (χ3v) is 4.93. The largest absolute Gasteiger partial charge is 0.353 e. The molecule has 0 unspecified atom stereocenters. The number of benzene rings is 1. The number of aryl methyl sites for hydroxylation is 2. The molecule has 0 spiro atoms. The Morgan fingerprint density at radius 2 is 1.96 bits per heavy atom. The van der Waals surface area contributed by atoms with Crippen molar-refractivity contribution in [3.8, 4) is 11.4 Å². The lowest BCUT2D eigenvalue weighted by Crippen LogP contribution is -2.49. The third-order valence-electron chi connectivity index (χ3n) is 4.93. The molecule has 0 saturated carbocycles. The van der Waals surface area contributed by atoms with E-state index in [1.165, 1.54) is 0 Å². The molecule has 2 aromatic heterocycles. The molecular formula is C21H23N5O2. The molecule has 3 heterocycles. The average Bonchev–Trinajstić information content (AvgIpc) is 3.23. The molecule has 1 aliphatic heterocycles. The van der Waals surface area contributed by atoms with Crippen LogP contribution in [-0.4, -0.2) is 52.1 Å². The molecule has 7 heteroatoms. The summed E-state index contributed by atoms with van der Waals surface area (Å²) in [5.74, 6) is 2.17. The van der Waals surface area contributed by atoms with E-state index >= 15 is 0 Å². The molecule has 3 aromatic rings. The number of anilines is 1. The molecule has 0 aliphatic carbocycles. The Hall–Kier alpha value is -3.22. The molecular weight excluding hydrogens is 354 g/mol. The fraction of sp³-hybridized carbons (Fsp3) is 0.333. The van der Waals surface area contributed by atoms with Gasteiger partial charge >= 0.3 is 0 Å². The highest BCUT2D eigenvalue weighted by Gasteiger charge is 2.23. The Morgan fingerprint density at radius 3 is 2.61 bits per heavy atom. The van der Waals surface area contributed by atoms with Crippen LogP contribution in [0, 0.1) is 6.92 Å². The van der Waals surface area contributed by atoms with E-state index in [2.05, 4.69) is 20.0 Å². The number of pyridine rings is 1. The summed E-state index contributed by atoms with van der Waals surface area (Å²) in [4.78, 5) is 25.7. The second-order valence-corrected chi connectivity index (χ2v) is 6.92. The maximum atomic E-state index is 12.7. The van der Waals surface area contributed by atoms with Gasteiger partial charge in [-0.1, -0.05) is 29.8 Å². The summed E-state index contributed by atoms with van der Waals surface area (Å²) >= 11 is 0. The van der Waals surface area contributed by atoms with E-state index < -0.39 is 0 Å². The van der Waals surface area contributed by atoms with Crippen LogP contribution in [0.3, 0.4) is 0 Å². The first kappa shape index (κ1) is 18.2.